The van der Waals surface area contributed by atoms with Crippen molar-refractivity contribution in [3.8, 4) is 0 Å². The zero-order valence-electron chi connectivity index (χ0n) is 23.2. The normalized spacial score (nSPS) is 22.2. The first-order chi connectivity index (χ1) is 19.2. The average molecular weight is 563 g/mol. The summed E-state index contributed by atoms with van der Waals surface area (Å²) >= 11 is 0.865. The number of carbonyl (C=O) groups is 2. The number of fused-ring (bicyclic) bond motifs is 1. The van der Waals surface area contributed by atoms with Crippen LogP contribution in [0.1, 0.15) is 46.4 Å². The molecule has 0 N–H and O–H groups in total. The number of carbonyl (C=O) groups excluding carboxylic acids is 2. The molecule has 1 aliphatic carbocycles. The van der Waals surface area contributed by atoms with E-state index in [9.17, 15) is 14.0 Å². The number of aromatic nitrogens is 1. The van der Waals surface area contributed by atoms with Gasteiger partial charge in [0.15, 0.2) is 5.13 Å². The van der Waals surface area contributed by atoms with Crippen LogP contribution in [0.5, 0.6) is 0 Å². The third kappa shape index (κ3) is 5.37. The van der Waals surface area contributed by atoms with Crippen LogP contribution in [-0.4, -0.2) is 67.6 Å². The van der Waals surface area contributed by atoms with Gasteiger partial charge < -0.3 is 19.4 Å². The number of morpholine rings is 1. The third-order valence-electron chi connectivity index (χ3n) is 8.46. The molecule has 3 aromatic rings. The number of hydrogen-bond acceptors (Lipinski definition) is 6. The summed E-state index contributed by atoms with van der Waals surface area (Å²) in [6.45, 7) is 11.3. The Hall–Kier alpha value is -3.30. The van der Waals surface area contributed by atoms with Crippen LogP contribution in [-0.2, 0) is 10.2 Å². The number of rotatable bonds is 6. The Morgan fingerprint density at radius 1 is 1.02 bits per heavy atom. The van der Waals surface area contributed by atoms with E-state index in [1.165, 1.54) is 11.6 Å². The molecule has 2 unspecified atom stereocenters. The second kappa shape index (κ2) is 10.6. The number of pyridine rings is 1. The molecular formula is C31H35FN4O3S. The standard InChI is InChI=1S/C31H35FN4O3S/c1-31(2,3)21-6-4-20(5-7-21)29(37)35-17-23-24(18-35)25(23)19-36(30(38)26-9-10-27(32)40-26)22-8-11-28(33-16-22)34-12-14-39-15-13-34/h4-11,16,23-25H,12-15,17-19H2,1-3H3. The maximum absolute atomic E-state index is 13.8. The first-order valence-corrected chi connectivity index (χ1v) is 14.8. The lowest BCUT2D eigenvalue weighted by Crippen LogP contribution is -2.37. The number of anilines is 2. The van der Waals surface area contributed by atoms with E-state index in [4.69, 9.17) is 4.74 Å². The lowest BCUT2D eigenvalue weighted by Gasteiger charge is -2.29. The molecule has 40 heavy (non-hydrogen) atoms. The number of halogens is 1. The molecule has 3 fully saturated rings. The van der Waals surface area contributed by atoms with E-state index in [2.05, 4.69) is 30.7 Å². The van der Waals surface area contributed by atoms with Gasteiger partial charge in [-0.15, -0.1) is 11.3 Å². The fourth-order valence-electron chi connectivity index (χ4n) is 5.98. The maximum atomic E-state index is 13.8. The summed E-state index contributed by atoms with van der Waals surface area (Å²) in [5.74, 6) is 1.71. The van der Waals surface area contributed by atoms with Crippen molar-refractivity contribution in [1.82, 2.24) is 9.88 Å². The van der Waals surface area contributed by atoms with E-state index >= 15 is 0 Å². The quantitative estimate of drug-likeness (QED) is 0.419. The van der Waals surface area contributed by atoms with Crippen LogP contribution in [0.2, 0.25) is 0 Å². The van der Waals surface area contributed by atoms with E-state index in [0.29, 0.717) is 66.7 Å². The van der Waals surface area contributed by atoms with Crippen LogP contribution in [0.15, 0.2) is 54.7 Å². The summed E-state index contributed by atoms with van der Waals surface area (Å²) in [6.07, 6.45) is 1.74. The summed E-state index contributed by atoms with van der Waals surface area (Å²) < 4.78 is 19.2. The fourth-order valence-corrected chi connectivity index (χ4v) is 6.66. The number of thiophene rings is 1. The molecule has 2 saturated heterocycles. The van der Waals surface area contributed by atoms with Crippen molar-refractivity contribution in [3.05, 3.63) is 75.9 Å². The van der Waals surface area contributed by atoms with Crippen molar-refractivity contribution in [1.29, 1.82) is 0 Å². The van der Waals surface area contributed by atoms with Crippen LogP contribution in [0.25, 0.3) is 0 Å². The van der Waals surface area contributed by atoms with E-state index in [1.54, 1.807) is 17.2 Å². The highest BCUT2D eigenvalue weighted by molar-refractivity contribution is 7.12. The Balaban J connectivity index is 1.14. The van der Waals surface area contributed by atoms with Gasteiger partial charge in [0.25, 0.3) is 11.8 Å². The Bertz CT molecular complexity index is 1370. The van der Waals surface area contributed by atoms with Crippen LogP contribution >= 0.6 is 11.3 Å². The van der Waals surface area contributed by atoms with Gasteiger partial charge in [0.05, 0.1) is 30.0 Å². The third-order valence-corrected chi connectivity index (χ3v) is 9.32. The molecule has 2 aromatic heterocycles. The minimum absolute atomic E-state index is 0.0423. The smallest absolute Gasteiger partial charge is 0.268 e. The molecule has 0 spiro atoms. The predicted molar refractivity (Wildman–Crippen MR) is 155 cm³/mol. The zero-order chi connectivity index (χ0) is 28.0. The number of piperidine rings is 1. The van der Waals surface area contributed by atoms with Gasteiger partial charge in [-0.1, -0.05) is 32.9 Å². The van der Waals surface area contributed by atoms with Crippen LogP contribution < -0.4 is 9.80 Å². The van der Waals surface area contributed by atoms with E-state index in [0.717, 1.165) is 30.2 Å². The molecule has 2 amide bonds. The maximum Gasteiger partial charge on any atom is 0.268 e. The fraction of sp³-hybridized carbons (Fsp3) is 0.452. The topological polar surface area (TPSA) is 66.0 Å². The molecule has 7 nitrogen and oxygen atoms in total. The van der Waals surface area contributed by atoms with Crippen molar-refractivity contribution in [2.24, 2.45) is 17.8 Å². The van der Waals surface area contributed by atoms with Crippen LogP contribution in [0.3, 0.4) is 0 Å². The summed E-state index contributed by atoms with van der Waals surface area (Å²) in [7, 11) is 0. The first-order valence-electron chi connectivity index (χ1n) is 13.9. The van der Waals surface area contributed by atoms with Gasteiger partial charge in [0.1, 0.15) is 5.82 Å². The molecule has 6 rings (SSSR count). The molecule has 1 saturated carbocycles. The Morgan fingerprint density at radius 2 is 1.73 bits per heavy atom. The second-order valence-corrected chi connectivity index (χ2v) is 13.1. The summed E-state index contributed by atoms with van der Waals surface area (Å²) in [5.41, 5.74) is 2.67. The Labute approximate surface area is 238 Å². The van der Waals surface area contributed by atoms with Gasteiger partial charge in [-0.3, -0.25) is 9.59 Å². The highest BCUT2D eigenvalue weighted by Gasteiger charge is 2.57. The number of nitrogens with zero attached hydrogens (tertiary/aromatic N) is 4. The molecule has 0 bridgehead atoms. The highest BCUT2D eigenvalue weighted by Crippen LogP contribution is 2.52. The van der Waals surface area contributed by atoms with E-state index in [-0.39, 0.29) is 22.4 Å². The zero-order valence-corrected chi connectivity index (χ0v) is 24.0. The van der Waals surface area contributed by atoms with Crippen molar-refractivity contribution >= 4 is 34.7 Å². The van der Waals surface area contributed by atoms with Gasteiger partial charge in [-0.05, 0) is 65.1 Å². The van der Waals surface area contributed by atoms with E-state index in [1.807, 2.05) is 41.3 Å². The first kappa shape index (κ1) is 26.9. The lowest BCUT2D eigenvalue weighted by atomic mass is 9.86. The van der Waals surface area contributed by atoms with Gasteiger partial charge in [0.2, 0.25) is 0 Å². The minimum atomic E-state index is -0.378. The summed E-state index contributed by atoms with van der Waals surface area (Å²) in [5, 5.41) is -0.378. The highest BCUT2D eigenvalue weighted by atomic mass is 32.1. The summed E-state index contributed by atoms with van der Waals surface area (Å²) in [6, 6.07) is 14.7. The predicted octanol–water partition coefficient (Wildman–Crippen LogP) is 5.08. The summed E-state index contributed by atoms with van der Waals surface area (Å²) in [4.78, 5) is 37.6. The molecule has 210 valence electrons. The molecule has 1 aromatic carbocycles. The molecule has 2 aliphatic heterocycles. The van der Waals surface area contributed by atoms with Gasteiger partial charge in [0, 0.05) is 38.3 Å². The molecule has 9 heteroatoms. The van der Waals surface area contributed by atoms with Gasteiger partial charge >= 0.3 is 0 Å². The monoisotopic (exact) mass is 562 g/mol. The number of hydrogen-bond donors (Lipinski definition) is 0. The van der Waals surface area contributed by atoms with Crippen molar-refractivity contribution in [2.45, 2.75) is 26.2 Å². The van der Waals surface area contributed by atoms with Gasteiger partial charge in [-0.25, -0.2) is 4.98 Å². The van der Waals surface area contributed by atoms with Crippen LogP contribution in [0.4, 0.5) is 15.9 Å². The molecular weight excluding hydrogens is 527 g/mol. The lowest BCUT2D eigenvalue weighted by molar-refractivity contribution is 0.0766. The van der Waals surface area contributed by atoms with Crippen molar-refractivity contribution in [3.63, 3.8) is 0 Å². The number of amides is 2. The van der Waals surface area contributed by atoms with Crippen LogP contribution in [0, 0.1) is 22.9 Å². The Kier molecular flexibility index (Phi) is 7.12. The minimum Gasteiger partial charge on any atom is -0.378 e. The average Bonchev–Trinajstić information content (AvgIpc) is 3.26. The second-order valence-electron chi connectivity index (χ2n) is 12.0. The van der Waals surface area contributed by atoms with Crippen molar-refractivity contribution < 1.29 is 18.7 Å². The molecule has 0 radical (unpaired) electrons. The van der Waals surface area contributed by atoms with E-state index < -0.39 is 0 Å². The van der Waals surface area contributed by atoms with Crippen molar-refractivity contribution in [2.75, 3.05) is 55.7 Å². The largest absolute Gasteiger partial charge is 0.378 e. The SMILES string of the molecule is CC(C)(C)c1ccc(C(=O)N2CC3C(C2)C3CN(C(=O)c2ccc(F)s2)c2ccc(N3CCOCC3)nc2)cc1. The number of benzene rings is 1. The number of ether oxygens (including phenoxy) is 1. The van der Waals surface area contributed by atoms with Gasteiger partial charge in [-0.2, -0.15) is 4.39 Å². The Morgan fingerprint density at radius 3 is 2.30 bits per heavy atom. The number of likely N-dealkylation sites (tertiary alicyclic amines) is 1. The molecule has 3 aliphatic rings. The molecule has 2 atom stereocenters. The molecule has 4 heterocycles.